The average Bonchev–Trinajstić information content (AvgIpc) is 2.48. The molecule has 0 spiro atoms. The number of ether oxygens (including phenoxy) is 1. The zero-order valence-electron chi connectivity index (χ0n) is 11.8. The molecule has 21 heavy (non-hydrogen) atoms. The van der Waals surface area contributed by atoms with Gasteiger partial charge in [-0.1, -0.05) is 25.1 Å². The van der Waals surface area contributed by atoms with Crippen LogP contribution in [0.4, 0.5) is 0 Å². The van der Waals surface area contributed by atoms with Gasteiger partial charge in [0.1, 0.15) is 17.4 Å². The second kappa shape index (κ2) is 8.38. The molecule has 0 heterocycles. The molecule has 0 unspecified atom stereocenters. The summed E-state index contributed by atoms with van der Waals surface area (Å²) in [5.41, 5.74) is 5.53. The van der Waals surface area contributed by atoms with Crippen LogP contribution in [0.2, 0.25) is 0 Å². The van der Waals surface area contributed by atoms with Crippen molar-refractivity contribution in [1.29, 1.82) is 5.26 Å². The topological polar surface area (TPSA) is 105 Å². The molecule has 110 valence electrons. The number of amides is 2. The summed E-state index contributed by atoms with van der Waals surface area (Å²) in [5, 5.41) is 11.7. The third-order valence-electron chi connectivity index (χ3n) is 2.49. The highest BCUT2D eigenvalue weighted by Crippen LogP contribution is 2.20. The first-order valence-corrected chi connectivity index (χ1v) is 6.48. The molecule has 0 aliphatic carbocycles. The third-order valence-corrected chi connectivity index (χ3v) is 2.49. The molecule has 1 aromatic carbocycles. The van der Waals surface area contributed by atoms with Gasteiger partial charge in [-0.2, -0.15) is 5.26 Å². The Morgan fingerprint density at radius 2 is 2.14 bits per heavy atom. The number of primary amides is 1. The van der Waals surface area contributed by atoms with Crippen molar-refractivity contribution in [3.8, 4) is 11.8 Å². The van der Waals surface area contributed by atoms with E-state index in [0.717, 1.165) is 6.42 Å². The smallest absolute Gasteiger partial charge is 0.261 e. The van der Waals surface area contributed by atoms with E-state index in [2.05, 4.69) is 5.32 Å². The molecule has 0 aliphatic heterocycles. The quantitative estimate of drug-likeness (QED) is 0.576. The minimum atomic E-state index is -0.602. The van der Waals surface area contributed by atoms with E-state index in [1.165, 1.54) is 6.08 Å². The van der Waals surface area contributed by atoms with Crippen molar-refractivity contribution in [2.75, 3.05) is 13.2 Å². The van der Waals surface area contributed by atoms with Crippen LogP contribution in [0.3, 0.4) is 0 Å². The van der Waals surface area contributed by atoms with E-state index in [9.17, 15) is 9.59 Å². The lowest BCUT2D eigenvalue weighted by molar-refractivity contribution is -0.120. The molecule has 2 amide bonds. The van der Waals surface area contributed by atoms with Gasteiger partial charge in [0.05, 0.1) is 0 Å². The molecular weight excluding hydrogens is 270 g/mol. The summed E-state index contributed by atoms with van der Waals surface area (Å²) in [6.45, 7) is 2.15. The molecule has 0 saturated heterocycles. The molecule has 0 radical (unpaired) electrons. The van der Waals surface area contributed by atoms with Crippen LogP contribution in [0.15, 0.2) is 29.8 Å². The third kappa shape index (κ3) is 5.37. The largest absolute Gasteiger partial charge is 0.483 e. The number of nitrogens with one attached hydrogen (secondary N) is 1. The average molecular weight is 287 g/mol. The van der Waals surface area contributed by atoms with Crippen molar-refractivity contribution in [3.63, 3.8) is 0 Å². The predicted octanol–water partition coefficient (Wildman–Crippen LogP) is 0.984. The lowest BCUT2D eigenvalue weighted by atomic mass is 10.1. The summed E-state index contributed by atoms with van der Waals surface area (Å²) in [6.07, 6.45) is 2.20. The molecule has 1 rings (SSSR count). The van der Waals surface area contributed by atoms with Crippen molar-refractivity contribution >= 4 is 17.9 Å². The van der Waals surface area contributed by atoms with Crippen LogP contribution >= 0.6 is 0 Å². The van der Waals surface area contributed by atoms with Crippen LogP contribution in [0.5, 0.6) is 5.75 Å². The van der Waals surface area contributed by atoms with Crippen LogP contribution in [0.25, 0.3) is 6.08 Å². The maximum absolute atomic E-state index is 11.8. The molecule has 0 fully saturated rings. The van der Waals surface area contributed by atoms with Crippen molar-refractivity contribution in [3.05, 3.63) is 35.4 Å². The van der Waals surface area contributed by atoms with E-state index in [-0.39, 0.29) is 12.2 Å². The summed E-state index contributed by atoms with van der Waals surface area (Å²) >= 11 is 0. The molecule has 0 atom stereocenters. The molecule has 1 aromatic rings. The van der Waals surface area contributed by atoms with Crippen molar-refractivity contribution in [1.82, 2.24) is 5.32 Å². The first-order chi connectivity index (χ1) is 10.1. The Morgan fingerprint density at radius 1 is 1.43 bits per heavy atom. The number of carbonyl (C=O) groups is 2. The van der Waals surface area contributed by atoms with E-state index in [1.807, 2.05) is 13.0 Å². The van der Waals surface area contributed by atoms with E-state index in [4.69, 9.17) is 15.7 Å². The number of nitrogens with two attached hydrogens (primary N) is 1. The predicted molar refractivity (Wildman–Crippen MR) is 78.0 cm³/mol. The molecule has 0 aliphatic rings. The van der Waals surface area contributed by atoms with Crippen LogP contribution in [-0.2, 0) is 9.59 Å². The van der Waals surface area contributed by atoms with Crippen molar-refractivity contribution in [2.24, 2.45) is 5.73 Å². The van der Waals surface area contributed by atoms with Crippen LogP contribution < -0.4 is 15.8 Å². The van der Waals surface area contributed by atoms with Gasteiger partial charge in [0, 0.05) is 12.1 Å². The number of benzene rings is 1. The highest BCUT2D eigenvalue weighted by atomic mass is 16.5. The van der Waals surface area contributed by atoms with Crippen LogP contribution in [0, 0.1) is 11.3 Å². The van der Waals surface area contributed by atoms with Crippen molar-refractivity contribution < 1.29 is 14.3 Å². The van der Waals surface area contributed by atoms with Crippen molar-refractivity contribution in [2.45, 2.75) is 13.3 Å². The number of carbonyl (C=O) groups excluding carboxylic acids is 2. The molecule has 0 bridgehead atoms. The number of nitrogens with zero attached hydrogens (tertiary/aromatic N) is 1. The fourth-order valence-corrected chi connectivity index (χ4v) is 1.52. The minimum absolute atomic E-state index is 0.0291. The van der Waals surface area contributed by atoms with E-state index in [0.29, 0.717) is 17.9 Å². The van der Waals surface area contributed by atoms with E-state index < -0.39 is 11.8 Å². The number of hydrogen-bond acceptors (Lipinski definition) is 4. The zero-order chi connectivity index (χ0) is 15.7. The second-order valence-electron chi connectivity index (χ2n) is 4.22. The number of para-hydroxylation sites is 1. The molecule has 3 N–H and O–H groups in total. The lowest BCUT2D eigenvalue weighted by Crippen LogP contribution is -2.25. The maximum atomic E-state index is 11.8. The Kier molecular flexibility index (Phi) is 6.48. The SMILES string of the molecule is CCCNC(=O)C(C#N)=Cc1ccccc1OCC(N)=O. The molecule has 6 heteroatoms. The summed E-state index contributed by atoms with van der Waals surface area (Å²) in [5.74, 6) is -0.661. The Morgan fingerprint density at radius 3 is 2.76 bits per heavy atom. The highest BCUT2D eigenvalue weighted by Gasteiger charge is 2.10. The summed E-state index contributed by atoms with van der Waals surface area (Å²) in [7, 11) is 0. The Hall–Kier alpha value is -2.81. The first kappa shape index (κ1) is 16.2. The van der Waals surface area contributed by atoms with Gasteiger partial charge in [-0.05, 0) is 18.6 Å². The molecular formula is C15H17N3O3. The van der Waals surface area contributed by atoms with Crippen LogP contribution in [0.1, 0.15) is 18.9 Å². The minimum Gasteiger partial charge on any atom is -0.483 e. The van der Waals surface area contributed by atoms with Gasteiger partial charge >= 0.3 is 0 Å². The summed E-state index contributed by atoms with van der Waals surface area (Å²) in [6, 6.07) is 8.62. The maximum Gasteiger partial charge on any atom is 0.261 e. The van der Waals surface area contributed by atoms with Gasteiger partial charge < -0.3 is 15.8 Å². The highest BCUT2D eigenvalue weighted by molar-refractivity contribution is 6.01. The summed E-state index contributed by atoms with van der Waals surface area (Å²) in [4.78, 5) is 22.6. The van der Waals surface area contributed by atoms with Gasteiger partial charge in [0.15, 0.2) is 6.61 Å². The molecule has 0 aromatic heterocycles. The Balaban J connectivity index is 2.97. The monoisotopic (exact) mass is 287 g/mol. The van der Waals surface area contributed by atoms with Gasteiger partial charge in [0.2, 0.25) is 0 Å². The number of rotatable bonds is 7. The Labute approximate surface area is 123 Å². The number of hydrogen-bond donors (Lipinski definition) is 2. The second-order valence-corrected chi connectivity index (χ2v) is 4.22. The fraction of sp³-hybridized carbons (Fsp3) is 0.267. The fourth-order valence-electron chi connectivity index (χ4n) is 1.52. The van der Waals surface area contributed by atoms with Gasteiger partial charge in [0.25, 0.3) is 11.8 Å². The molecule has 0 saturated carbocycles. The van der Waals surface area contributed by atoms with E-state index in [1.54, 1.807) is 24.3 Å². The normalized spacial score (nSPS) is 10.6. The van der Waals surface area contributed by atoms with Gasteiger partial charge in [-0.15, -0.1) is 0 Å². The van der Waals surface area contributed by atoms with Gasteiger partial charge in [-0.3, -0.25) is 9.59 Å². The summed E-state index contributed by atoms with van der Waals surface area (Å²) < 4.78 is 5.24. The van der Waals surface area contributed by atoms with Crippen LogP contribution in [-0.4, -0.2) is 25.0 Å². The molecule has 6 nitrogen and oxygen atoms in total. The zero-order valence-corrected chi connectivity index (χ0v) is 11.8. The van der Waals surface area contributed by atoms with E-state index >= 15 is 0 Å². The Bertz CT molecular complexity index is 588. The number of nitriles is 1. The lowest BCUT2D eigenvalue weighted by Gasteiger charge is -2.08. The first-order valence-electron chi connectivity index (χ1n) is 6.48. The van der Waals surface area contributed by atoms with Gasteiger partial charge in [-0.25, -0.2) is 0 Å². The standard InChI is InChI=1S/C15H17N3O3/c1-2-7-18-15(20)12(9-16)8-11-5-3-4-6-13(11)21-10-14(17)19/h3-6,8H,2,7,10H2,1H3,(H2,17,19)(H,18,20).